The van der Waals surface area contributed by atoms with Gasteiger partial charge in [0.05, 0.1) is 13.7 Å². The van der Waals surface area contributed by atoms with Gasteiger partial charge in [-0.1, -0.05) is 18.2 Å². The third-order valence-corrected chi connectivity index (χ3v) is 1.93. The number of hydrogen-bond acceptors (Lipinski definition) is 2. The quantitative estimate of drug-likeness (QED) is 0.853. The average molecular weight is 226 g/mol. The van der Waals surface area contributed by atoms with E-state index in [9.17, 15) is 4.79 Å². The molecule has 0 atom stereocenters. The van der Waals surface area contributed by atoms with Crippen LogP contribution in [0.4, 0.5) is 0 Å². The molecule has 0 radical (unpaired) electrons. The number of hydrogen-bond donors (Lipinski definition) is 1. The third kappa shape index (κ3) is 3.64. The van der Waals surface area contributed by atoms with E-state index in [4.69, 9.17) is 16.3 Å². The van der Waals surface area contributed by atoms with Crippen LogP contribution in [-0.4, -0.2) is 19.6 Å². The molecule has 0 aliphatic heterocycles. The van der Waals surface area contributed by atoms with Crippen LogP contribution in [0, 0.1) is 0 Å². The minimum atomic E-state index is -0.181. The van der Waals surface area contributed by atoms with E-state index < -0.39 is 0 Å². The number of amides is 1. The fourth-order valence-electron chi connectivity index (χ4n) is 1.02. The molecule has 0 saturated carbocycles. The molecule has 0 aliphatic carbocycles. The molecule has 1 N–H and O–H groups in total. The zero-order valence-electron chi connectivity index (χ0n) is 8.42. The second kappa shape index (κ2) is 5.41. The number of carbonyl (C=O) groups excluding carboxylic acids is 1. The lowest BCUT2D eigenvalue weighted by atomic mass is 10.2. The lowest BCUT2D eigenvalue weighted by molar-refractivity contribution is 0.0957. The minimum Gasteiger partial charge on any atom is -0.497 e. The Morgan fingerprint density at radius 1 is 1.47 bits per heavy atom. The van der Waals surface area contributed by atoms with E-state index in [1.807, 2.05) is 0 Å². The Morgan fingerprint density at radius 3 is 2.53 bits per heavy atom. The molecule has 4 heteroatoms. The van der Waals surface area contributed by atoms with Gasteiger partial charge in [0.15, 0.2) is 0 Å². The van der Waals surface area contributed by atoms with Crippen LogP contribution in [0.3, 0.4) is 0 Å². The van der Waals surface area contributed by atoms with Gasteiger partial charge in [-0.05, 0) is 24.3 Å². The van der Waals surface area contributed by atoms with Crippen LogP contribution < -0.4 is 10.1 Å². The van der Waals surface area contributed by atoms with Gasteiger partial charge < -0.3 is 10.1 Å². The molecular formula is C11H12ClNO2. The molecule has 1 amide bonds. The van der Waals surface area contributed by atoms with Crippen molar-refractivity contribution in [3.05, 3.63) is 41.4 Å². The van der Waals surface area contributed by atoms with Crippen LogP contribution in [0.25, 0.3) is 0 Å². The van der Waals surface area contributed by atoms with E-state index >= 15 is 0 Å². The van der Waals surface area contributed by atoms with Crippen LogP contribution in [0.5, 0.6) is 5.75 Å². The van der Waals surface area contributed by atoms with Crippen molar-refractivity contribution in [1.29, 1.82) is 0 Å². The van der Waals surface area contributed by atoms with E-state index in [-0.39, 0.29) is 12.5 Å². The summed E-state index contributed by atoms with van der Waals surface area (Å²) in [6, 6.07) is 6.82. The number of rotatable bonds is 4. The summed E-state index contributed by atoms with van der Waals surface area (Å²) in [7, 11) is 1.58. The number of carbonyl (C=O) groups is 1. The Kier molecular flexibility index (Phi) is 4.18. The fourth-order valence-corrected chi connectivity index (χ4v) is 1.09. The SMILES string of the molecule is C=C(Cl)CNC(=O)c1ccc(OC)cc1. The van der Waals surface area contributed by atoms with Gasteiger partial charge >= 0.3 is 0 Å². The van der Waals surface area contributed by atoms with Crippen molar-refractivity contribution in [3.8, 4) is 5.75 Å². The molecule has 0 fully saturated rings. The molecule has 0 saturated heterocycles. The summed E-state index contributed by atoms with van der Waals surface area (Å²) in [6.45, 7) is 3.75. The predicted octanol–water partition coefficient (Wildman–Crippen LogP) is 2.18. The summed E-state index contributed by atoms with van der Waals surface area (Å²) < 4.78 is 4.98. The van der Waals surface area contributed by atoms with Gasteiger partial charge in [0, 0.05) is 10.6 Å². The van der Waals surface area contributed by atoms with Crippen LogP contribution in [0.15, 0.2) is 35.9 Å². The molecular weight excluding hydrogens is 214 g/mol. The maximum atomic E-state index is 11.5. The normalized spacial score (nSPS) is 9.47. The second-order valence-electron chi connectivity index (χ2n) is 2.93. The summed E-state index contributed by atoms with van der Waals surface area (Å²) in [4.78, 5) is 11.5. The fraction of sp³-hybridized carbons (Fsp3) is 0.182. The van der Waals surface area contributed by atoms with Crippen LogP contribution in [0.1, 0.15) is 10.4 Å². The third-order valence-electron chi connectivity index (χ3n) is 1.79. The first kappa shape index (κ1) is 11.6. The summed E-state index contributed by atoms with van der Waals surface area (Å²) in [5.74, 6) is 0.535. The van der Waals surface area contributed by atoms with E-state index in [1.54, 1.807) is 31.4 Å². The standard InChI is InChI=1S/C11H12ClNO2/c1-8(12)7-13-11(14)9-3-5-10(15-2)6-4-9/h3-6H,1,7H2,2H3,(H,13,14). The first-order chi connectivity index (χ1) is 7.13. The Hall–Kier alpha value is -1.48. The summed E-state index contributed by atoms with van der Waals surface area (Å²) in [5, 5.41) is 3.02. The largest absolute Gasteiger partial charge is 0.497 e. The van der Waals surface area contributed by atoms with Crippen LogP contribution in [0.2, 0.25) is 0 Å². The van der Waals surface area contributed by atoms with Crippen molar-refractivity contribution < 1.29 is 9.53 Å². The Morgan fingerprint density at radius 2 is 2.07 bits per heavy atom. The van der Waals surface area contributed by atoms with Crippen molar-refractivity contribution in [1.82, 2.24) is 5.32 Å². The number of methoxy groups -OCH3 is 1. The Labute approximate surface area is 93.7 Å². The Balaban J connectivity index is 2.62. The van der Waals surface area contributed by atoms with Gasteiger partial charge in [-0.2, -0.15) is 0 Å². The molecule has 0 aliphatic rings. The van der Waals surface area contributed by atoms with Crippen molar-refractivity contribution in [2.45, 2.75) is 0 Å². The predicted molar refractivity (Wildman–Crippen MR) is 60.3 cm³/mol. The zero-order valence-corrected chi connectivity index (χ0v) is 9.17. The van der Waals surface area contributed by atoms with Gasteiger partial charge in [0.2, 0.25) is 0 Å². The molecule has 1 aromatic rings. The lowest BCUT2D eigenvalue weighted by Gasteiger charge is -2.04. The molecule has 0 aromatic heterocycles. The monoisotopic (exact) mass is 225 g/mol. The van der Waals surface area contributed by atoms with Crippen molar-refractivity contribution >= 4 is 17.5 Å². The summed E-state index contributed by atoms with van der Waals surface area (Å²) >= 11 is 5.53. The zero-order chi connectivity index (χ0) is 11.3. The highest BCUT2D eigenvalue weighted by Crippen LogP contribution is 2.11. The van der Waals surface area contributed by atoms with E-state index in [0.29, 0.717) is 16.3 Å². The topological polar surface area (TPSA) is 38.3 Å². The molecule has 0 bridgehead atoms. The molecule has 0 spiro atoms. The highest BCUT2D eigenvalue weighted by Gasteiger charge is 2.04. The van der Waals surface area contributed by atoms with Gasteiger partial charge in [-0.3, -0.25) is 4.79 Å². The van der Waals surface area contributed by atoms with Crippen LogP contribution in [-0.2, 0) is 0 Å². The van der Waals surface area contributed by atoms with Crippen LogP contribution >= 0.6 is 11.6 Å². The molecule has 0 heterocycles. The van der Waals surface area contributed by atoms with Gasteiger partial charge in [-0.25, -0.2) is 0 Å². The Bertz CT molecular complexity index is 359. The smallest absolute Gasteiger partial charge is 0.251 e. The summed E-state index contributed by atoms with van der Waals surface area (Å²) in [5.41, 5.74) is 0.564. The summed E-state index contributed by atoms with van der Waals surface area (Å²) in [6.07, 6.45) is 0. The van der Waals surface area contributed by atoms with E-state index in [1.165, 1.54) is 0 Å². The van der Waals surface area contributed by atoms with Gasteiger partial charge in [0.25, 0.3) is 5.91 Å². The molecule has 3 nitrogen and oxygen atoms in total. The van der Waals surface area contributed by atoms with Crippen molar-refractivity contribution in [2.24, 2.45) is 0 Å². The highest BCUT2D eigenvalue weighted by molar-refractivity contribution is 6.29. The molecule has 1 rings (SSSR count). The lowest BCUT2D eigenvalue weighted by Crippen LogP contribution is -2.24. The first-order valence-electron chi connectivity index (χ1n) is 4.39. The molecule has 80 valence electrons. The van der Waals surface area contributed by atoms with Gasteiger partial charge in [0.1, 0.15) is 5.75 Å². The maximum absolute atomic E-state index is 11.5. The number of benzene rings is 1. The van der Waals surface area contributed by atoms with Crippen molar-refractivity contribution in [2.75, 3.05) is 13.7 Å². The molecule has 0 unspecified atom stereocenters. The number of ether oxygens (including phenoxy) is 1. The second-order valence-corrected chi connectivity index (χ2v) is 3.46. The van der Waals surface area contributed by atoms with Gasteiger partial charge in [-0.15, -0.1) is 0 Å². The number of halogens is 1. The molecule has 15 heavy (non-hydrogen) atoms. The van der Waals surface area contributed by atoms with E-state index in [2.05, 4.69) is 11.9 Å². The average Bonchev–Trinajstić information content (AvgIpc) is 2.26. The molecule has 1 aromatic carbocycles. The minimum absolute atomic E-state index is 0.181. The number of nitrogens with one attached hydrogen (secondary N) is 1. The van der Waals surface area contributed by atoms with Crippen molar-refractivity contribution in [3.63, 3.8) is 0 Å². The first-order valence-corrected chi connectivity index (χ1v) is 4.77. The maximum Gasteiger partial charge on any atom is 0.251 e. The van der Waals surface area contributed by atoms with E-state index in [0.717, 1.165) is 0 Å². The highest BCUT2D eigenvalue weighted by atomic mass is 35.5.